The van der Waals surface area contributed by atoms with Gasteiger partial charge in [0.25, 0.3) is 0 Å². The molecule has 224 valence electrons. The lowest BCUT2D eigenvalue weighted by atomic mass is 9.81. The van der Waals surface area contributed by atoms with Gasteiger partial charge in [-0.3, -0.25) is 9.59 Å². The van der Waals surface area contributed by atoms with Gasteiger partial charge in [0.1, 0.15) is 17.5 Å². The number of tetrazole rings is 1. The monoisotopic (exact) mass is 643 g/mol. The number of nitrogens with zero attached hydrogens (tertiary/aromatic N) is 3. The number of ether oxygens (including phenoxy) is 1. The lowest BCUT2D eigenvalue weighted by Gasteiger charge is -2.29. The molecule has 4 rings (SSSR count). The van der Waals surface area contributed by atoms with Gasteiger partial charge in [0, 0.05) is 29.0 Å². The molecule has 0 bridgehead atoms. The Kier molecular flexibility index (Phi) is 10.3. The summed E-state index contributed by atoms with van der Waals surface area (Å²) in [6.45, 7) is 5.92. The summed E-state index contributed by atoms with van der Waals surface area (Å²) in [5, 5.41) is 21.6. The Morgan fingerprint density at radius 2 is 1.81 bits per heavy atom. The summed E-state index contributed by atoms with van der Waals surface area (Å²) < 4.78 is 20.9. The second-order valence-corrected chi connectivity index (χ2v) is 12.3. The largest absolute Gasteiger partial charge is 0.444 e. The number of hydrogen-bond donors (Lipinski definition) is 4. The standard InChI is InChI=1S/C29H35BrFN7O4/c1-29(2,3)42-28(41)32-16-18-4-8-19(9-5-18)26(39)34-24(14-17-6-10-20(30)11-7-17)27(40)33-21-12-13-22(23(31)15-21)25-35-37-38-36-25/h6-7,10-13,15,18-19,24H,4-5,8-9,14,16H2,1-3H3,(H,32,41)(H,33,40)(H,34,39)(H,35,36,37,38)/t18?,19?,24-/m0/s1. The van der Waals surface area contributed by atoms with E-state index in [1.807, 2.05) is 45.0 Å². The van der Waals surface area contributed by atoms with Crippen LogP contribution in [-0.4, -0.2) is 56.7 Å². The zero-order chi connectivity index (χ0) is 30.3. The van der Waals surface area contributed by atoms with Crippen molar-refractivity contribution in [3.8, 4) is 11.4 Å². The molecule has 0 spiro atoms. The minimum absolute atomic E-state index is 0.162. The van der Waals surface area contributed by atoms with Crippen molar-refractivity contribution < 1.29 is 23.5 Å². The van der Waals surface area contributed by atoms with Gasteiger partial charge in [0.2, 0.25) is 11.8 Å². The summed E-state index contributed by atoms with van der Waals surface area (Å²) in [5.74, 6) is -1.12. The predicted molar refractivity (Wildman–Crippen MR) is 158 cm³/mol. The number of rotatable bonds is 9. The Morgan fingerprint density at radius 1 is 1.10 bits per heavy atom. The maximum atomic E-state index is 14.7. The number of H-pyrrole nitrogens is 1. The fourth-order valence-corrected chi connectivity index (χ4v) is 5.08. The van der Waals surface area contributed by atoms with Crippen LogP contribution in [0.1, 0.15) is 52.0 Å². The second-order valence-electron chi connectivity index (χ2n) is 11.4. The molecule has 1 aliphatic carbocycles. The first kappa shape index (κ1) is 31.1. The van der Waals surface area contributed by atoms with Gasteiger partial charge in [0.15, 0.2) is 5.82 Å². The summed E-state index contributed by atoms with van der Waals surface area (Å²) in [5.41, 5.74) is 0.692. The minimum atomic E-state index is -0.883. The number of aromatic nitrogens is 4. The van der Waals surface area contributed by atoms with E-state index in [9.17, 15) is 18.8 Å². The van der Waals surface area contributed by atoms with Crippen LogP contribution in [0.4, 0.5) is 14.9 Å². The maximum absolute atomic E-state index is 14.7. The van der Waals surface area contributed by atoms with E-state index in [2.05, 4.69) is 52.5 Å². The van der Waals surface area contributed by atoms with E-state index >= 15 is 0 Å². The first-order valence-corrected chi connectivity index (χ1v) is 14.6. The third kappa shape index (κ3) is 9.07. The number of benzene rings is 2. The third-order valence-electron chi connectivity index (χ3n) is 6.97. The molecule has 0 unspecified atom stereocenters. The van der Waals surface area contributed by atoms with Crippen molar-refractivity contribution in [2.24, 2.45) is 11.8 Å². The Balaban J connectivity index is 1.37. The van der Waals surface area contributed by atoms with Crippen molar-refractivity contribution in [3.63, 3.8) is 0 Å². The number of carbonyl (C=O) groups is 3. The van der Waals surface area contributed by atoms with E-state index in [4.69, 9.17) is 4.74 Å². The molecule has 1 aromatic heterocycles. The number of hydrogen-bond acceptors (Lipinski definition) is 7. The Morgan fingerprint density at radius 3 is 2.43 bits per heavy atom. The highest BCUT2D eigenvalue weighted by Gasteiger charge is 2.30. The molecule has 0 aliphatic heterocycles. The van der Waals surface area contributed by atoms with Gasteiger partial charge in [-0.25, -0.2) is 14.3 Å². The van der Waals surface area contributed by atoms with Crippen LogP contribution >= 0.6 is 15.9 Å². The van der Waals surface area contributed by atoms with Crippen molar-refractivity contribution in [3.05, 3.63) is 58.3 Å². The zero-order valence-corrected chi connectivity index (χ0v) is 25.3. The van der Waals surface area contributed by atoms with Gasteiger partial charge in [-0.1, -0.05) is 28.1 Å². The van der Waals surface area contributed by atoms with E-state index in [0.29, 0.717) is 19.4 Å². The van der Waals surface area contributed by atoms with E-state index < -0.39 is 29.5 Å². The first-order valence-electron chi connectivity index (χ1n) is 13.8. The molecule has 3 amide bonds. The van der Waals surface area contributed by atoms with Crippen LogP contribution in [0.2, 0.25) is 0 Å². The lowest BCUT2D eigenvalue weighted by molar-refractivity contribution is -0.130. The van der Waals surface area contributed by atoms with Gasteiger partial charge in [-0.15, -0.1) is 5.10 Å². The van der Waals surface area contributed by atoms with Crippen molar-refractivity contribution in [1.29, 1.82) is 0 Å². The molecule has 1 heterocycles. The molecule has 42 heavy (non-hydrogen) atoms. The fourth-order valence-electron chi connectivity index (χ4n) is 4.81. The topological polar surface area (TPSA) is 151 Å². The molecule has 1 fully saturated rings. The van der Waals surface area contributed by atoms with E-state index in [0.717, 1.165) is 22.9 Å². The van der Waals surface area contributed by atoms with E-state index in [1.165, 1.54) is 12.1 Å². The summed E-state index contributed by atoms with van der Waals surface area (Å²) >= 11 is 3.41. The van der Waals surface area contributed by atoms with Gasteiger partial charge in [-0.2, -0.15) is 0 Å². The maximum Gasteiger partial charge on any atom is 0.407 e. The molecular weight excluding hydrogens is 609 g/mol. The fraction of sp³-hybridized carbons (Fsp3) is 0.448. The van der Waals surface area contributed by atoms with Crippen LogP contribution in [0.5, 0.6) is 0 Å². The predicted octanol–water partition coefficient (Wildman–Crippen LogP) is 4.77. The second kappa shape index (κ2) is 13.9. The Hall–Kier alpha value is -3.87. The van der Waals surface area contributed by atoms with Crippen LogP contribution in [0.25, 0.3) is 11.4 Å². The van der Waals surface area contributed by atoms with Gasteiger partial charge in [0.05, 0.1) is 5.56 Å². The zero-order valence-electron chi connectivity index (χ0n) is 23.7. The van der Waals surface area contributed by atoms with Crippen LogP contribution in [0, 0.1) is 17.7 Å². The van der Waals surface area contributed by atoms with Gasteiger partial charge < -0.3 is 20.7 Å². The summed E-state index contributed by atoms with van der Waals surface area (Å²) in [7, 11) is 0. The third-order valence-corrected chi connectivity index (χ3v) is 7.50. The van der Waals surface area contributed by atoms with Crippen molar-refractivity contribution in [1.82, 2.24) is 31.3 Å². The van der Waals surface area contributed by atoms with Gasteiger partial charge in [-0.05, 0) is 98.7 Å². The van der Waals surface area contributed by atoms with Crippen LogP contribution in [0.3, 0.4) is 0 Å². The van der Waals surface area contributed by atoms with Gasteiger partial charge >= 0.3 is 6.09 Å². The Bertz CT molecular complexity index is 1370. The van der Waals surface area contributed by atoms with Crippen LogP contribution < -0.4 is 16.0 Å². The Labute approximate surface area is 251 Å². The number of alkyl carbamates (subject to hydrolysis) is 1. The van der Waals surface area contributed by atoms with Crippen molar-refractivity contribution >= 4 is 39.5 Å². The minimum Gasteiger partial charge on any atom is -0.444 e. The lowest BCUT2D eigenvalue weighted by Crippen LogP contribution is -2.48. The molecule has 1 saturated carbocycles. The molecule has 1 aliphatic rings. The highest BCUT2D eigenvalue weighted by molar-refractivity contribution is 9.10. The number of nitrogens with one attached hydrogen (secondary N) is 4. The quantitative estimate of drug-likeness (QED) is 0.262. The molecule has 4 N–H and O–H groups in total. The van der Waals surface area contributed by atoms with Crippen LogP contribution in [0.15, 0.2) is 46.9 Å². The van der Waals surface area contributed by atoms with E-state index in [1.54, 1.807) is 6.07 Å². The molecule has 0 radical (unpaired) electrons. The summed E-state index contributed by atoms with van der Waals surface area (Å²) in [6.07, 6.45) is 2.62. The van der Waals surface area contributed by atoms with Crippen molar-refractivity contribution in [2.45, 2.75) is 64.5 Å². The molecule has 1 atom stereocenters. The molecule has 11 nitrogen and oxygen atoms in total. The highest BCUT2D eigenvalue weighted by atomic mass is 79.9. The SMILES string of the molecule is CC(C)(C)OC(=O)NCC1CCC(C(=O)N[C@@H](Cc2ccc(Br)cc2)C(=O)Nc2ccc(-c3nnn[nH]3)c(F)c2)CC1. The average molecular weight is 645 g/mol. The number of amides is 3. The molecule has 13 heteroatoms. The van der Waals surface area contributed by atoms with Crippen LogP contribution in [-0.2, 0) is 20.7 Å². The molecule has 3 aromatic rings. The normalized spacial score (nSPS) is 17.6. The highest BCUT2D eigenvalue weighted by Crippen LogP contribution is 2.29. The number of halogens is 2. The summed E-state index contributed by atoms with van der Waals surface area (Å²) in [4.78, 5) is 38.7. The van der Waals surface area contributed by atoms with E-state index in [-0.39, 0.29) is 41.2 Å². The number of aromatic amines is 1. The first-order chi connectivity index (χ1) is 20.0. The molecule has 0 saturated heterocycles. The summed E-state index contributed by atoms with van der Waals surface area (Å²) in [6, 6.07) is 10.8. The number of carbonyl (C=O) groups excluding carboxylic acids is 3. The van der Waals surface area contributed by atoms with Crippen molar-refractivity contribution in [2.75, 3.05) is 11.9 Å². The average Bonchev–Trinajstić information content (AvgIpc) is 3.47. The smallest absolute Gasteiger partial charge is 0.407 e. The number of anilines is 1. The molecular formula is C29H35BrFN7O4. The molecule has 2 aromatic carbocycles.